The molecule has 6 heteroatoms. The van der Waals surface area contributed by atoms with Crippen LogP contribution >= 0.6 is 11.3 Å². The van der Waals surface area contributed by atoms with Crippen LogP contribution < -0.4 is 5.32 Å². The van der Waals surface area contributed by atoms with Gasteiger partial charge in [-0.1, -0.05) is 36.8 Å². The number of piperazine rings is 1. The lowest BCUT2D eigenvalue weighted by Gasteiger charge is -2.34. The van der Waals surface area contributed by atoms with Gasteiger partial charge in [0.15, 0.2) is 0 Å². The van der Waals surface area contributed by atoms with Gasteiger partial charge in [0, 0.05) is 37.6 Å². The third-order valence-corrected chi connectivity index (χ3v) is 7.07. The Morgan fingerprint density at radius 2 is 1.76 bits per heavy atom. The van der Waals surface area contributed by atoms with E-state index in [9.17, 15) is 10.1 Å². The molecule has 4 rings (SSSR count). The summed E-state index contributed by atoms with van der Waals surface area (Å²) >= 11 is 1.61. The van der Waals surface area contributed by atoms with Crippen molar-refractivity contribution in [3.63, 3.8) is 0 Å². The van der Waals surface area contributed by atoms with E-state index in [0.29, 0.717) is 12.1 Å². The Labute approximate surface area is 176 Å². The number of amides is 1. The summed E-state index contributed by atoms with van der Waals surface area (Å²) in [6, 6.07) is 12.9. The van der Waals surface area contributed by atoms with Crippen molar-refractivity contribution in [1.82, 2.24) is 9.80 Å². The van der Waals surface area contributed by atoms with Crippen molar-refractivity contribution in [2.75, 3.05) is 38.0 Å². The number of hydrogen-bond acceptors (Lipinski definition) is 5. The number of nitriles is 1. The summed E-state index contributed by atoms with van der Waals surface area (Å²) in [6.07, 6.45) is 5.55. The van der Waals surface area contributed by atoms with Crippen molar-refractivity contribution >= 4 is 22.2 Å². The molecule has 1 aromatic carbocycles. The number of rotatable bonds is 5. The van der Waals surface area contributed by atoms with E-state index in [-0.39, 0.29) is 5.91 Å². The number of nitrogens with one attached hydrogen (secondary N) is 1. The normalized spacial score (nSPS) is 17.9. The molecule has 1 aliphatic carbocycles. The maximum atomic E-state index is 12.6. The Balaban J connectivity index is 1.29. The minimum Gasteiger partial charge on any atom is -0.315 e. The highest BCUT2D eigenvalue weighted by Gasteiger charge is 2.23. The lowest BCUT2D eigenvalue weighted by molar-refractivity contribution is -0.117. The zero-order chi connectivity index (χ0) is 20.1. The van der Waals surface area contributed by atoms with Crippen molar-refractivity contribution in [2.45, 2.75) is 38.6 Å². The van der Waals surface area contributed by atoms with Gasteiger partial charge in [-0.15, -0.1) is 11.3 Å². The summed E-state index contributed by atoms with van der Waals surface area (Å²) < 4.78 is 0. The van der Waals surface area contributed by atoms with Gasteiger partial charge < -0.3 is 5.32 Å². The monoisotopic (exact) mass is 408 g/mol. The molecule has 0 bridgehead atoms. The van der Waals surface area contributed by atoms with Crippen LogP contribution in [0.1, 0.15) is 40.8 Å². The molecule has 1 fully saturated rings. The summed E-state index contributed by atoms with van der Waals surface area (Å²) in [7, 11) is 0. The van der Waals surface area contributed by atoms with Crippen LogP contribution in [-0.4, -0.2) is 48.4 Å². The molecular formula is C23H28N4OS. The van der Waals surface area contributed by atoms with Crippen LogP contribution in [0.15, 0.2) is 30.3 Å². The molecular weight excluding hydrogens is 380 g/mol. The van der Waals surface area contributed by atoms with Gasteiger partial charge in [0.25, 0.3) is 0 Å². The molecule has 1 amide bonds. The summed E-state index contributed by atoms with van der Waals surface area (Å²) in [4.78, 5) is 18.6. The molecule has 0 atom stereocenters. The summed E-state index contributed by atoms with van der Waals surface area (Å²) in [5, 5.41) is 13.4. The number of fused-ring (bicyclic) bond motifs is 1. The molecule has 2 heterocycles. The molecule has 0 radical (unpaired) electrons. The van der Waals surface area contributed by atoms with Gasteiger partial charge in [-0.05, 0) is 36.8 Å². The Kier molecular flexibility index (Phi) is 6.60. The number of benzene rings is 1. The Bertz CT molecular complexity index is 878. The number of carbonyl (C=O) groups excluding carboxylic acids is 1. The maximum Gasteiger partial charge on any atom is 0.239 e. The zero-order valence-electron chi connectivity index (χ0n) is 16.8. The third-order valence-electron chi connectivity index (χ3n) is 5.87. The van der Waals surface area contributed by atoms with E-state index in [1.807, 2.05) is 6.07 Å². The van der Waals surface area contributed by atoms with Gasteiger partial charge in [0.05, 0.1) is 12.1 Å². The van der Waals surface area contributed by atoms with E-state index in [4.69, 9.17) is 0 Å². The number of nitrogens with zero attached hydrogens (tertiary/aromatic N) is 3. The van der Waals surface area contributed by atoms with E-state index in [0.717, 1.165) is 57.0 Å². The van der Waals surface area contributed by atoms with Crippen molar-refractivity contribution in [2.24, 2.45) is 0 Å². The van der Waals surface area contributed by atoms with Crippen LogP contribution in [0.2, 0.25) is 0 Å². The molecule has 152 valence electrons. The van der Waals surface area contributed by atoms with E-state index in [2.05, 4.69) is 45.5 Å². The standard InChI is InChI=1S/C23H28N4OS/c24-15-20-19-9-5-2-6-10-21(19)29-23(20)25-22(28)17-27-13-11-26(12-14-27)16-18-7-3-1-4-8-18/h1,3-4,7-8H,2,5-6,9-14,16-17H2,(H,25,28). The summed E-state index contributed by atoms with van der Waals surface area (Å²) in [6.45, 7) is 5.09. The highest BCUT2D eigenvalue weighted by molar-refractivity contribution is 7.16. The summed E-state index contributed by atoms with van der Waals surface area (Å²) in [5.74, 6) is -0.00517. The van der Waals surface area contributed by atoms with Gasteiger partial charge in [0.2, 0.25) is 5.91 Å². The first-order chi connectivity index (χ1) is 14.2. The van der Waals surface area contributed by atoms with Crippen molar-refractivity contribution in [3.05, 3.63) is 51.9 Å². The molecule has 1 N–H and O–H groups in total. The summed E-state index contributed by atoms with van der Waals surface area (Å²) in [5.41, 5.74) is 3.22. The van der Waals surface area contributed by atoms with Crippen molar-refractivity contribution in [1.29, 1.82) is 5.26 Å². The van der Waals surface area contributed by atoms with Crippen LogP contribution in [0.3, 0.4) is 0 Å². The van der Waals surface area contributed by atoms with Crippen LogP contribution in [-0.2, 0) is 24.2 Å². The first-order valence-electron chi connectivity index (χ1n) is 10.6. The lowest BCUT2D eigenvalue weighted by Crippen LogP contribution is -2.48. The highest BCUT2D eigenvalue weighted by Crippen LogP contribution is 2.36. The first-order valence-corrected chi connectivity index (χ1v) is 11.4. The van der Waals surface area contributed by atoms with Gasteiger partial charge >= 0.3 is 0 Å². The molecule has 0 saturated carbocycles. The van der Waals surface area contributed by atoms with Gasteiger partial charge in [0.1, 0.15) is 11.1 Å². The Morgan fingerprint density at radius 1 is 1.03 bits per heavy atom. The van der Waals surface area contributed by atoms with Gasteiger partial charge in [-0.25, -0.2) is 0 Å². The maximum absolute atomic E-state index is 12.6. The molecule has 29 heavy (non-hydrogen) atoms. The SMILES string of the molecule is N#Cc1c(NC(=O)CN2CCN(Cc3ccccc3)CC2)sc2c1CCCCC2. The Hall–Kier alpha value is -2.20. The second kappa shape index (κ2) is 9.53. The largest absolute Gasteiger partial charge is 0.315 e. The quantitative estimate of drug-likeness (QED) is 0.768. The number of aryl methyl sites for hydroxylation is 1. The third kappa shape index (κ3) is 5.05. The molecule has 2 aliphatic rings. The van der Waals surface area contributed by atoms with E-state index < -0.39 is 0 Å². The van der Waals surface area contributed by atoms with Crippen LogP contribution in [0.5, 0.6) is 0 Å². The average Bonchev–Trinajstić information content (AvgIpc) is 2.89. The average molecular weight is 409 g/mol. The van der Waals surface area contributed by atoms with Gasteiger partial charge in [-0.3, -0.25) is 14.6 Å². The van der Waals surface area contributed by atoms with Crippen molar-refractivity contribution in [3.8, 4) is 6.07 Å². The predicted octanol–water partition coefficient (Wildman–Crippen LogP) is 3.64. The van der Waals surface area contributed by atoms with E-state index in [1.165, 1.54) is 28.8 Å². The molecule has 1 saturated heterocycles. The van der Waals surface area contributed by atoms with E-state index >= 15 is 0 Å². The second-order valence-corrected chi connectivity index (χ2v) is 9.07. The van der Waals surface area contributed by atoms with E-state index in [1.54, 1.807) is 11.3 Å². The molecule has 2 aromatic rings. The molecule has 1 aliphatic heterocycles. The smallest absolute Gasteiger partial charge is 0.239 e. The fraction of sp³-hybridized carbons (Fsp3) is 0.478. The molecule has 0 unspecified atom stereocenters. The molecule has 1 aromatic heterocycles. The number of anilines is 1. The predicted molar refractivity (Wildman–Crippen MR) is 117 cm³/mol. The van der Waals surface area contributed by atoms with Crippen molar-refractivity contribution < 1.29 is 4.79 Å². The second-order valence-electron chi connectivity index (χ2n) is 7.97. The van der Waals surface area contributed by atoms with Crippen LogP contribution in [0.4, 0.5) is 5.00 Å². The fourth-order valence-corrected chi connectivity index (χ4v) is 5.52. The lowest BCUT2D eigenvalue weighted by atomic mass is 10.1. The van der Waals surface area contributed by atoms with Crippen LogP contribution in [0.25, 0.3) is 0 Å². The minimum absolute atomic E-state index is 0.00517. The fourth-order valence-electron chi connectivity index (χ4n) is 4.27. The van der Waals surface area contributed by atoms with Crippen LogP contribution in [0, 0.1) is 11.3 Å². The molecule has 0 spiro atoms. The number of thiophene rings is 1. The molecule has 5 nitrogen and oxygen atoms in total. The first kappa shape index (κ1) is 20.1. The Morgan fingerprint density at radius 3 is 2.52 bits per heavy atom. The number of hydrogen-bond donors (Lipinski definition) is 1. The topological polar surface area (TPSA) is 59.4 Å². The minimum atomic E-state index is -0.00517. The number of carbonyl (C=O) groups is 1. The van der Waals surface area contributed by atoms with Gasteiger partial charge in [-0.2, -0.15) is 5.26 Å². The zero-order valence-corrected chi connectivity index (χ0v) is 17.6. The highest BCUT2D eigenvalue weighted by atomic mass is 32.1.